The second-order valence-electron chi connectivity index (χ2n) is 5.75. The summed E-state index contributed by atoms with van der Waals surface area (Å²) in [7, 11) is 0. The molecule has 0 fully saturated rings. The van der Waals surface area contributed by atoms with Gasteiger partial charge in [0.1, 0.15) is 10.6 Å². The summed E-state index contributed by atoms with van der Waals surface area (Å²) in [5.41, 5.74) is 0.694. The molecule has 0 saturated heterocycles. The summed E-state index contributed by atoms with van der Waals surface area (Å²) in [4.78, 5) is 24.9. The number of amides is 1. The Morgan fingerprint density at radius 1 is 1.28 bits per heavy atom. The Bertz CT molecular complexity index is 927. The predicted octanol–water partition coefficient (Wildman–Crippen LogP) is 4.11. The second-order valence-corrected chi connectivity index (χ2v) is 6.80. The van der Waals surface area contributed by atoms with E-state index < -0.39 is 5.97 Å². The first-order valence-corrected chi connectivity index (χ1v) is 8.88. The molecule has 3 rings (SSSR count). The number of hydrogen-bond acceptors (Lipinski definition) is 5. The van der Waals surface area contributed by atoms with E-state index in [9.17, 15) is 9.59 Å². The first kappa shape index (κ1) is 17.2. The molecule has 0 radical (unpaired) electrons. The van der Waals surface area contributed by atoms with Gasteiger partial charge in [-0.2, -0.15) is 5.10 Å². The highest BCUT2D eigenvalue weighted by molar-refractivity contribution is 7.23. The van der Waals surface area contributed by atoms with Crippen LogP contribution in [0.4, 0.5) is 5.00 Å². The highest BCUT2D eigenvalue weighted by Crippen LogP contribution is 2.36. The first-order chi connectivity index (χ1) is 12.0. The van der Waals surface area contributed by atoms with Crippen molar-refractivity contribution >= 4 is 38.3 Å². The fraction of sp³-hybridized carbons (Fsp3) is 0.278. The zero-order chi connectivity index (χ0) is 18.0. The van der Waals surface area contributed by atoms with Crippen LogP contribution < -0.4 is 5.32 Å². The quantitative estimate of drug-likeness (QED) is 0.698. The van der Waals surface area contributed by atoms with Gasteiger partial charge in [-0.3, -0.25) is 9.48 Å². The van der Waals surface area contributed by atoms with Crippen molar-refractivity contribution in [3.05, 3.63) is 47.8 Å². The molecule has 0 saturated carbocycles. The minimum absolute atomic E-state index is 0.168. The normalized spacial score (nSPS) is 11.0. The van der Waals surface area contributed by atoms with Gasteiger partial charge in [-0.15, -0.1) is 11.3 Å². The Morgan fingerprint density at radius 3 is 2.72 bits per heavy atom. The Hall–Kier alpha value is -2.67. The minimum atomic E-state index is -0.442. The molecule has 0 unspecified atom stereocenters. The average molecular weight is 357 g/mol. The SMILES string of the molecule is CCOC(=O)c1c(NC(=O)c2ccn(C(C)C)n2)sc2ccccc12. The number of anilines is 1. The molecule has 0 aliphatic rings. The van der Waals surface area contributed by atoms with E-state index in [1.807, 2.05) is 38.1 Å². The van der Waals surface area contributed by atoms with E-state index in [2.05, 4.69) is 10.4 Å². The molecule has 0 atom stereocenters. The lowest BCUT2D eigenvalue weighted by Gasteiger charge is -2.06. The standard InChI is InChI=1S/C18H19N3O3S/c1-4-24-18(23)15-12-7-5-6-8-14(12)25-17(15)19-16(22)13-9-10-21(20-13)11(2)3/h5-11H,4H2,1-3H3,(H,19,22). The molecule has 0 aliphatic heterocycles. The maximum absolute atomic E-state index is 12.5. The van der Waals surface area contributed by atoms with Crippen LogP contribution in [0.3, 0.4) is 0 Å². The van der Waals surface area contributed by atoms with Gasteiger partial charge in [0.05, 0.1) is 6.61 Å². The van der Waals surface area contributed by atoms with Gasteiger partial charge >= 0.3 is 5.97 Å². The molecule has 2 aromatic heterocycles. The molecule has 0 spiro atoms. The number of ether oxygens (including phenoxy) is 1. The van der Waals surface area contributed by atoms with Gasteiger partial charge in [0.25, 0.3) is 5.91 Å². The van der Waals surface area contributed by atoms with Crippen LogP contribution in [0.2, 0.25) is 0 Å². The van der Waals surface area contributed by atoms with Gasteiger partial charge < -0.3 is 10.1 Å². The van der Waals surface area contributed by atoms with Crippen molar-refractivity contribution in [1.82, 2.24) is 9.78 Å². The van der Waals surface area contributed by atoms with Crippen LogP contribution in [0, 0.1) is 0 Å². The number of nitrogens with one attached hydrogen (secondary N) is 1. The summed E-state index contributed by atoms with van der Waals surface area (Å²) in [5, 5.41) is 8.32. The van der Waals surface area contributed by atoms with Crippen LogP contribution in [0.1, 0.15) is 47.7 Å². The smallest absolute Gasteiger partial charge is 0.341 e. The first-order valence-electron chi connectivity index (χ1n) is 8.06. The van der Waals surface area contributed by atoms with Crippen molar-refractivity contribution in [1.29, 1.82) is 0 Å². The number of nitrogens with zero attached hydrogens (tertiary/aromatic N) is 2. The lowest BCUT2D eigenvalue weighted by molar-refractivity contribution is 0.0530. The average Bonchev–Trinajstić information content (AvgIpc) is 3.19. The number of esters is 1. The third kappa shape index (κ3) is 3.41. The van der Waals surface area contributed by atoms with Crippen LogP contribution in [-0.4, -0.2) is 28.3 Å². The molecular weight excluding hydrogens is 338 g/mol. The molecule has 1 amide bonds. The third-order valence-corrected chi connectivity index (χ3v) is 4.76. The second kappa shape index (κ2) is 7.06. The molecule has 25 heavy (non-hydrogen) atoms. The Balaban J connectivity index is 1.95. The van der Waals surface area contributed by atoms with Crippen LogP contribution in [0.25, 0.3) is 10.1 Å². The maximum Gasteiger partial charge on any atom is 0.341 e. The zero-order valence-corrected chi connectivity index (χ0v) is 15.1. The van der Waals surface area contributed by atoms with Crippen molar-refractivity contribution < 1.29 is 14.3 Å². The number of aromatic nitrogens is 2. The summed E-state index contributed by atoms with van der Waals surface area (Å²) < 4.78 is 7.78. The van der Waals surface area contributed by atoms with Gasteiger partial charge in [-0.05, 0) is 32.9 Å². The molecule has 2 heterocycles. The lowest BCUT2D eigenvalue weighted by Crippen LogP contribution is -2.15. The van der Waals surface area contributed by atoms with Crippen LogP contribution in [0.5, 0.6) is 0 Å². The Kier molecular flexibility index (Phi) is 4.85. The van der Waals surface area contributed by atoms with E-state index >= 15 is 0 Å². The van der Waals surface area contributed by atoms with Crippen molar-refractivity contribution in [2.24, 2.45) is 0 Å². The number of thiophene rings is 1. The molecule has 3 aromatic rings. The summed E-state index contributed by atoms with van der Waals surface area (Å²) in [6, 6.07) is 9.33. The van der Waals surface area contributed by atoms with E-state index in [0.717, 1.165) is 10.1 Å². The Labute approximate surface area is 149 Å². The number of rotatable bonds is 5. The summed E-state index contributed by atoms with van der Waals surface area (Å²) in [6.45, 7) is 6.00. The molecule has 0 bridgehead atoms. The van der Waals surface area contributed by atoms with Crippen LogP contribution in [-0.2, 0) is 4.74 Å². The summed E-state index contributed by atoms with van der Waals surface area (Å²) in [5.74, 6) is -0.792. The minimum Gasteiger partial charge on any atom is -0.462 e. The Morgan fingerprint density at radius 2 is 2.04 bits per heavy atom. The van der Waals surface area contributed by atoms with Gasteiger partial charge in [0.15, 0.2) is 5.69 Å². The lowest BCUT2D eigenvalue weighted by atomic mass is 10.1. The highest BCUT2D eigenvalue weighted by atomic mass is 32.1. The molecular formula is C18H19N3O3S. The van der Waals surface area contributed by atoms with E-state index in [4.69, 9.17) is 4.74 Å². The molecule has 130 valence electrons. The molecule has 0 aliphatic carbocycles. The molecule has 6 nitrogen and oxygen atoms in total. The van der Waals surface area contributed by atoms with Crippen molar-refractivity contribution in [3.8, 4) is 0 Å². The number of hydrogen-bond donors (Lipinski definition) is 1. The number of carbonyl (C=O) groups excluding carboxylic acids is 2. The van der Waals surface area contributed by atoms with Crippen molar-refractivity contribution in [3.63, 3.8) is 0 Å². The van der Waals surface area contributed by atoms with Crippen LogP contribution >= 0.6 is 11.3 Å². The van der Waals surface area contributed by atoms with Gasteiger partial charge in [0.2, 0.25) is 0 Å². The van der Waals surface area contributed by atoms with Gasteiger partial charge in [-0.25, -0.2) is 4.79 Å². The molecule has 1 aromatic carbocycles. The fourth-order valence-electron chi connectivity index (χ4n) is 2.45. The van der Waals surface area contributed by atoms with E-state index in [1.165, 1.54) is 11.3 Å². The number of carbonyl (C=O) groups is 2. The van der Waals surface area contributed by atoms with Crippen molar-refractivity contribution in [2.45, 2.75) is 26.8 Å². The summed E-state index contributed by atoms with van der Waals surface area (Å²) in [6.07, 6.45) is 1.76. The molecule has 7 heteroatoms. The van der Waals surface area contributed by atoms with E-state index in [0.29, 0.717) is 16.3 Å². The topological polar surface area (TPSA) is 73.2 Å². The third-order valence-electron chi connectivity index (χ3n) is 3.67. The fourth-order valence-corrected chi connectivity index (χ4v) is 3.54. The number of benzene rings is 1. The number of fused-ring (bicyclic) bond motifs is 1. The van der Waals surface area contributed by atoms with Gasteiger partial charge in [-0.1, -0.05) is 18.2 Å². The monoisotopic (exact) mass is 357 g/mol. The van der Waals surface area contributed by atoms with Crippen LogP contribution in [0.15, 0.2) is 36.5 Å². The molecule has 1 N–H and O–H groups in total. The maximum atomic E-state index is 12.5. The summed E-state index contributed by atoms with van der Waals surface area (Å²) >= 11 is 1.35. The van der Waals surface area contributed by atoms with E-state index in [-0.39, 0.29) is 18.6 Å². The highest BCUT2D eigenvalue weighted by Gasteiger charge is 2.22. The van der Waals surface area contributed by atoms with Crippen molar-refractivity contribution in [2.75, 3.05) is 11.9 Å². The predicted molar refractivity (Wildman–Crippen MR) is 98.3 cm³/mol. The van der Waals surface area contributed by atoms with E-state index in [1.54, 1.807) is 23.9 Å². The zero-order valence-electron chi connectivity index (χ0n) is 14.3. The van der Waals surface area contributed by atoms with Gasteiger partial charge in [0, 0.05) is 22.3 Å². The largest absolute Gasteiger partial charge is 0.462 e.